The standard InChI is InChI=1S/C25H33N3O4S/c1-32-22-10-8-19(9-11-22)18-27-23(26)25(28(24(27)29)16-17-33(2,30)31)14-12-21(13-15-25)20-6-4-3-5-7-20/h3-11,21,23H,12-18,26H2,1-2H3. The maximum Gasteiger partial charge on any atom is 0.322 e. The van der Waals surface area contributed by atoms with Crippen LogP contribution in [-0.4, -0.2) is 61.6 Å². The minimum absolute atomic E-state index is 0.0638. The molecule has 8 heteroatoms. The summed E-state index contributed by atoms with van der Waals surface area (Å²) < 4.78 is 29.1. The number of nitrogens with two attached hydrogens (primary N) is 1. The zero-order valence-corrected chi connectivity index (χ0v) is 20.1. The van der Waals surface area contributed by atoms with Gasteiger partial charge >= 0.3 is 6.03 Å². The van der Waals surface area contributed by atoms with Crippen molar-refractivity contribution in [2.45, 2.75) is 49.9 Å². The monoisotopic (exact) mass is 471 g/mol. The average Bonchev–Trinajstić information content (AvgIpc) is 3.00. The lowest BCUT2D eigenvalue weighted by Crippen LogP contribution is -2.58. The summed E-state index contributed by atoms with van der Waals surface area (Å²) in [5.41, 5.74) is 8.49. The van der Waals surface area contributed by atoms with Gasteiger partial charge < -0.3 is 20.3 Å². The second-order valence-electron chi connectivity index (χ2n) is 9.27. The Labute approximate surface area is 196 Å². The van der Waals surface area contributed by atoms with Crippen LogP contribution in [-0.2, 0) is 16.4 Å². The number of hydrogen-bond acceptors (Lipinski definition) is 5. The quantitative estimate of drug-likeness (QED) is 0.668. The van der Waals surface area contributed by atoms with E-state index < -0.39 is 21.5 Å². The third-order valence-corrected chi connectivity index (χ3v) is 8.14. The van der Waals surface area contributed by atoms with E-state index in [2.05, 4.69) is 24.3 Å². The highest BCUT2D eigenvalue weighted by atomic mass is 32.2. The SMILES string of the molecule is COc1ccc(CN2C(=O)N(CCS(C)(=O)=O)C3(CCC(c4ccccc4)CC3)C2N)cc1. The van der Waals surface area contributed by atoms with Crippen molar-refractivity contribution in [2.75, 3.05) is 25.7 Å². The number of rotatable bonds is 7. The molecule has 0 radical (unpaired) electrons. The molecule has 2 N–H and O–H groups in total. The number of hydrogen-bond donors (Lipinski definition) is 1. The number of methoxy groups -OCH3 is 1. The molecular weight excluding hydrogens is 438 g/mol. The van der Waals surface area contributed by atoms with Crippen molar-refractivity contribution in [3.63, 3.8) is 0 Å². The van der Waals surface area contributed by atoms with Crippen molar-refractivity contribution in [3.8, 4) is 5.75 Å². The molecule has 4 rings (SSSR count). The van der Waals surface area contributed by atoms with E-state index in [-0.39, 0.29) is 18.3 Å². The molecule has 2 aromatic rings. The molecule has 1 spiro atoms. The van der Waals surface area contributed by atoms with Gasteiger partial charge in [-0.05, 0) is 54.9 Å². The predicted molar refractivity (Wildman–Crippen MR) is 129 cm³/mol. The van der Waals surface area contributed by atoms with Crippen molar-refractivity contribution in [1.82, 2.24) is 9.80 Å². The normalized spacial score (nSPS) is 25.6. The van der Waals surface area contributed by atoms with E-state index in [0.717, 1.165) is 37.0 Å². The van der Waals surface area contributed by atoms with E-state index in [4.69, 9.17) is 10.5 Å². The van der Waals surface area contributed by atoms with Crippen LogP contribution < -0.4 is 10.5 Å². The summed E-state index contributed by atoms with van der Waals surface area (Å²) in [6.07, 6.45) is 4.04. The molecule has 1 saturated heterocycles. The number of carbonyl (C=O) groups excluding carboxylic acids is 1. The Morgan fingerprint density at radius 1 is 1.06 bits per heavy atom. The van der Waals surface area contributed by atoms with Crippen LogP contribution in [0.2, 0.25) is 0 Å². The number of nitrogens with zero attached hydrogens (tertiary/aromatic N) is 2. The van der Waals surface area contributed by atoms with Crippen molar-refractivity contribution >= 4 is 15.9 Å². The topological polar surface area (TPSA) is 92.9 Å². The Hall–Kier alpha value is -2.58. The number of urea groups is 1. The molecule has 1 heterocycles. The highest BCUT2D eigenvalue weighted by molar-refractivity contribution is 7.90. The van der Waals surface area contributed by atoms with E-state index in [1.165, 1.54) is 11.8 Å². The van der Waals surface area contributed by atoms with E-state index in [9.17, 15) is 13.2 Å². The first kappa shape index (κ1) is 23.6. The molecule has 1 atom stereocenters. The second kappa shape index (κ2) is 9.35. The van der Waals surface area contributed by atoms with Crippen molar-refractivity contribution in [2.24, 2.45) is 5.73 Å². The van der Waals surface area contributed by atoms with Crippen LogP contribution in [0, 0.1) is 0 Å². The van der Waals surface area contributed by atoms with Gasteiger partial charge in [-0.1, -0.05) is 42.5 Å². The first-order valence-electron chi connectivity index (χ1n) is 11.4. The van der Waals surface area contributed by atoms with Crippen molar-refractivity contribution in [1.29, 1.82) is 0 Å². The summed E-state index contributed by atoms with van der Waals surface area (Å²) in [6, 6.07) is 17.8. The smallest absolute Gasteiger partial charge is 0.322 e. The van der Waals surface area contributed by atoms with Gasteiger partial charge in [-0.2, -0.15) is 0 Å². The molecule has 0 bridgehead atoms. The molecular formula is C25H33N3O4S. The maximum absolute atomic E-state index is 13.5. The van der Waals surface area contributed by atoms with Crippen LogP contribution in [0.1, 0.15) is 42.7 Å². The summed E-state index contributed by atoms with van der Waals surface area (Å²) in [5.74, 6) is 1.11. The molecule has 1 aliphatic heterocycles. The molecule has 7 nitrogen and oxygen atoms in total. The Balaban J connectivity index is 1.58. The molecule has 2 aromatic carbocycles. The van der Waals surface area contributed by atoms with Crippen LogP contribution in [0.4, 0.5) is 4.79 Å². The number of amides is 2. The lowest BCUT2D eigenvalue weighted by atomic mass is 9.72. The molecule has 1 unspecified atom stereocenters. The van der Waals surface area contributed by atoms with Gasteiger partial charge in [0.2, 0.25) is 0 Å². The van der Waals surface area contributed by atoms with Gasteiger partial charge in [0, 0.05) is 19.3 Å². The molecule has 33 heavy (non-hydrogen) atoms. The Morgan fingerprint density at radius 2 is 1.70 bits per heavy atom. The van der Waals surface area contributed by atoms with Gasteiger partial charge in [-0.15, -0.1) is 0 Å². The summed E-state index contributed by atoms with van der Waals surface area (Å²) in [5, 5.41) is 0. The molecule has 0 aromatic heterocycles. The minimum Gasteiger partial charge on any atom is -0.497 e. The number of benzene rings is 2. The summed E-state index contributed by atoms with van der Waals surface area (Å²) in [7, 11) is -1.60. The highest BCUT2D eigenvalue weighted by Gasteiger charge is 2.56. The van der Waals surface area contributed by atoms with E-state index in [0.29, 0.717) is 12.5 Å². The number of ether oxygens (including phenoxy) is 1. The largest absolute Gasteiger partial charge is 0.497 e. The van der Waals surface area contributed by atoms with E-state index >= 15 is 0 Å². The molecule has 2 fully saturated rings. The fourth-order valence-electron chi connectivity index (χ4n) is 5.33. The zero-order valence-electron chi connectivity index (χ0n) is 19.3. The fraction of sp³-hybridized carbons (Fsp3) is 0.480. The molecule has 1 saturated carbocycles. The predicted octanol–water partition coefficient (Wildman–Crippen LogP) is 3.36. The highest BCUT2D eigenvalue weighted by Crippen LogP contribution is 2.46. The van der Waals surface area contributed by atoms with E-state index in [1.807, 2.05) is 30.3 Å². The lowest BCUT2D eigenvalue weighted by Gasteiger charge is -2.45. The van der Waals surface area contributed by atoms with Gasteiger partial charge in [0.05, 0.1) is 18.4 Å². The van der Waals surface area contributed by atoms with Crippen LogP contribution in [0.3, 0.4) is 0 Å². The van der Waals surface area contributed by atoms with Crippen LogP contribution in [0.25, 0.3) is 0 Å². The summed E-state index contributed by atoms with van der Waals surface area (Å²) >= 11 is 0. The van der Waals surface area contributed by atoms with Gasteiger partial charge in [0.25, 0.3) is 0 Å². The third-order valence-electron chi connectivity index (χ3n) is 7.22. The average molecular weight is 472 g/mol. The minimum atomic E-state index is -3.21. The number of sulfone groups is 1. The maximum atomic E-state index is 13.5. The van der Waals surface area contributed by atoms with Gasteiger partial charge in [0.15, 0.2) is 0 Å². The first-order chi connectivity index (χ1) is 15.7. The van der Waals surface area contributed by atoms with Gasteiger partial charge in [-0.3, -0.25) is 0 Å². The second-order valence-corrected chi connectivity index (χ2v) is 11.5. The molecule has 178 valence electrons. The van der Waals surface area contributed by atoms with Crippen molar-refractivity contribution < 1.29 is 17.9 Å². The number of carbonyl (C=O) groups is 1. The van der Waals surface area contributed by atoms with Crippen LogP contribution in [0.5, 0.6) is 5.75 Å². The fourth-order valence-corrected chi connectivity index (χ4v) is 5.84. The third kappa shape index (κ3) is 4.87. The molecule has 2 amide bonds. The lowest BCUT2D eigenvalue weighted by molar-refractivity contribution is 0.0850. The van der Waals surface area contributed by atoms with Gasteiger partial charge in [0.1, 0.15) is 21.8 Å². The Kier molecular flexibility index (Phi) is 6.68. The molecule has 2 aliphatic rings. The summed E-state index contributed by atoms with van der Waals surface area (Å²) in [6.45, 7) is 0.545. The van der Waals surface area contributed by atoms with Gasteiger partial charge in [-0.25, -0.2) is 13.2 Å². The van der Waals surface area contributed by atoms with Crippen molar-refractivity contribution in [3.05, 3.63) is 65.7 Å². The Bertz CT molecular complexity index is 1060. The van der Waals surface area contributed by atoms with E-state index in [1.54, 1.807) is 16.9 Å². The zero-order chi connectivity index (χ0) is 23.6. The van der Waals surface area contributed by atoms with Crippen LogP contribution >= 0.6 is 0 Å². The summed E-state index contributed by atoms with van der Waals surface area (Å²) in [4.78, 5) is 17.0. The first-order valence-corrected chi connectivity index (χ1v) is 13.5. The van der Waals surface area contributed by atoms with Crippen LogP contribution in [0.15, 0.2) is 54.6 Å². The molecule has 1 aliphatic carbocycles. The Morgan fingerprint density at radius 3 is 2.27 bits per heavy atom.